The van der Waals surface area contributed by atoms with Crippen LogP contribution in [0.1, 0.15) is 12.5 Å². The van der Waals surface area contributed by atoms with Crippen molar-refractivity contribution in [3.63, 3.8) is 0 Å². The van der Waals surface area contributed by atoms with E-state index in [1.165, 1.54) is 10.9 Å². The lowest BCUT2D eigenvalue weighted by molar-refractivity contribution is 0.224. The van der Waals surface area contributed by atoms with Gasteiger partial charge in [0.05, 0.1) is 0 Å². The van der Waals surface area contributed by atoms with Crippen molar-refractivity contribution in [2.75, 3.05) is 6.61 Å². The van der Waals surface area contributed by atoms with Gasteiger partial charge in [-0.05, 0) is 35.1 Å². The van der Waals surface area contributed by atoms with E-state index in [0.29, 0.717) is 6.54 Å². The highest BCUT2D eigenvalue weighted by atomic mass is 16.3. The summed E-state index contributed by atoms with van der Waals surface area (Å²) in [6.45, 7) is 3.69. The van der Waals surface area contributed by atoms with Gasteiger partial charge in [0.2, 0.25) is 0 Å². The maximum absolute atomic E-state index is 9.06. The Hall–Kier alpha value is -1.32. The molecule has 2 rings (SSSR count). The Labute approximate surface area is 95.5 Å². The number of nitrogens with two attached hydrogens (primary N) is 1. The van der Waals surface area contributed by atoms with Crippen molar-refractivity contribution in [1.29, 1.82) is 0 Å². The molecule has 0 aliphatic rings. The number of aliphatic hydroxyl groups is 1. The first kappa shape index (κ1) is 11.2. The van der Waals surface area contributed by atoms with Crippen LogP contribution >= 0.6 is 0 Å². The fourth-order valence-electron chi connectivity index (χ4n) is 1.93. The normalized spacial score (nSPS) is 13.2. The molecule has 0 radical (unpaired) electrons. The molecule has 2 aromatic rings. The molecule has 1 aromatic carbocycles. The second kappa shape index (κ2) is 4.68. The van der Waals surface area contributed by atoms with Gasteiger partial charge in [0, 0.05) is 31.4 Å². The summed E-state index contributed by atoms with van der Waals surface area (Å²) in [5.74, 6) is 0.282. The van der Waals surface area contributed by atoms with Crippen LogP contribution < -0.4 is 5.73 Å². The molecular weight excluding hydrogens is 200 g/mol. The van der Waals surface area contributed by atoms with Crippen LogP contribution in [0.2, 0.25) is 0 Å². The standard InChI is InChI=1S/C13H18N2O/c1-10(9-16)8-15-5-4-12-6-11(7-14)2-3-13(12)15/h2-6,10,16H,7-9,14H2,1H3. The monoisotopic (exact) mass is 218 g/mol. The summed E-state index contributed by atoms with van der Waals surface area (Å²) in [4.78, 5) is 0. The van der Waals surface area contributed by atoms with Gasteiger partial charge in [-0.25, -0.2) is 0 Å². The van der Waals surface area contributed by atoms with Gasteiger partial charge in [0.15, 0.2) is 0 Å². The van der Waals surface area contributed by atoms with Gasteiger partial charge >= 0.3 is 0 Å². The molecular formula is C13H18N2O. The predicted molar refractivity (Wildman–Crippen MR) is 66.1 cm³/mol. The van der Waals surface area contributed by atoms with Gasteiger partial charge in [-0.3, -0.25) is 0 Å². The average molecular weight is 218 g/mol. The molecule has 0 amide bonds. The third kappa shape index (κ3) is 2.10. The second-order valence-electron chi connectivity index (χ2n) is 4.35. The van der Waals surface area contributed by atoms with Gasteiger partial charge in [-0.2, -0.15) is 0 Å². The molecule has 1 atom stereocenters. The molecule has 0 aliphatic carbocycles. The molecule has 3 heteroatoms. The molecule has 3 nitrogen and oxygen atoms in total. The van der Waals surface area contributed by atoms with E-state index in [4.69, 9.17) is 10.8 Å². The number of aromatic nitrogens is 1. The third-order valence-electron chi connectivity index (χ3n) is 2.89. The molecule has 86 valence electrons. The van der Waals surface area contributed by atoms with Crippen LogP contribution in [0.5, 0.6) is 0 Å². The van der Waals surface area contributed by atoms with E-state index < -0.39 is 0 Å². The van der Waals surface area contributed by atoms with E-state index in [2.05, 4.69) is 35.0 Å². The van der Waals surface area contributed by atoms with Gasteiger partial charge in [0.1, 0.15) is 0 Å². The summed E-state index contributed by atoms with van der Waals surface area (Å²) < 4.78 is 2.18. The maximum atomic E-state index is 9.06. The number of hydrogen-bond acceptors (Lipinski definition) is 2. The van der Waals surface area contributed by atoms with Gasteiger partial charge in [0.25, 0.3) is 0 Å². The second-order valence-corrected chi connectivity index (χ2v) is 4.35. The van der Waals surface area contributed by atoms with Crippen molar-refractivity contribution >= 4 is 10.9 Å². The molecule has 3 N–H and O–H groups in total. The molecule has 1 unspecified atom stereocenters. The number of benzene rings is 1. The highest BCUT2D eigenvalue weighted by Crippen LogP contribution is 2.18. The van der Waals surface area contributed by atoms with Crippen molar-refractivity contribution in [3.8, 4) is 0 Å². The third-order valence-corrected chi connectivity index (χ3v) is 2.89. The maximum Gasteiger partial charge on any atom is 0.0480 e. The molecule has 0 aliphatic heterocycles. The summed E-state index contributed by atoms with van der Waals surface area (Å²) in [5, 5.41) is 10.3. The van der Waals surface area contributed by atoms with Crippen LogP contribution in [0.15, 0.2) is 30.5 Å². The van der Waals surface area contributed by atoms with Crippen molar-refractivity contribution in [2.45, 2.75) is 20.0 Å². The lowest BCUT2D eigenvalue weighted by atomic mass is 10.1. The molecule has 1 heterocycles. The van der Waals surface area contributed by atoms with Crippen LogP contribution in [-0.4, -0.2) is 16.3 Å². The fourth-order valence-corrected chi connectivity index (χ4v) is 1.93. The van der Waals surface area contributed by atoms with E-state index in [-0.39, 0.29) is 12.5 Å². The number of nitrogens with zero attached hydrogens (tertiary/aromatic N) is 1. The van der Waals surface area contributed by atoms with E-state index in [9.17, 15) is 0 Å². The lowest BCUT2D eigenvalue weighted by Crippen LogP contribution is -2.10. The summed E-state index contributed by atoms with van der Waals surface area (Å²) in [7, 11) is 0. The van der Waals surface area contributed by atoms with Crippen LogP contribution in [-0.2, 0) is 13.1 Å². The first-order valence-corrected chi connectivity index (χ1v) is 5.63. The minimum atomic E-state index is 0.223. The Morgan fingerprint density at radius 2 is 2.19 bits per heavy atom. The van der Waals surface area contributed by atoms with Crippen molar-refractivity contribution < 1.29 is 5.11 Å². The predicted octanol–water partition coefficient (Wildman–Crippen LogP) is 1.73. The minimum Gasteiger partial charge on any atom is -0.396 e. The zero-order chi connectivity index (χ0) is 11.5. The largest absolute Gasteiger partial charge is 0.396 e. The highest BCUT2D eigenvalue weighted by Gasteiger charge is 2.05. The molecule has 1 aromatic heterocycles. The first-order valence-electron chi connectivity index (χ1n) is 5.63. The number of aliphatic hydroxyl groups excluding tert-OH is 1. The topological polar surface area (TPSA) is 51.2 Å². The molecule has 0 spiro atoms. The Balaban J connectivity index is 2.34. The lowest BCUT2D eigenvalue weighted by Gasteiger charge is -2.10. The van der Waals surface area contributed by atoms with Crippen molar-refractivity contribution in [2.24, 2.45) is 11.7 Å². The fraction of sp³-hybridized carbons (Fsp3) is 0.385. The zero-order valence-electron chi connectivity index (χ0n) is 9.56. The first-order chi connectivity index (χ1) is 7.74. The van der Waals surface area contributed by atoms with Crippen molar-refractivity contribution in [3.05, 3.63) is 36.0 Å². The average Bonchev–Trinajstić information content (AvgIpc) is 2.71. The molecule has 0 saturated carbocycles. The van der Waals surface area contributed by atoms with E-state index >= 15 is 0 Å². The summed E-state index contributed by atoms with van der Waals surface area (Å²) in [5.41, 5.74) is 7.97. The van der Waals surface area contributed by atoms with Gasteiger partial charge < -0.3 is 15.4 Å². The Bertz CT molecular complexity index is 476. The van der Waals surface area contributed by atoms with Gasteiger partial charge in [-0.1, -0.05) is 13.0 Å². The smallest absolute Gasteiger partial charge is 0.0480 e. The van der Waals surface area contributed by atoms with E-state index in [0.717, 1.165) is 12.1 Å². The van der Waals surface area contributed by atoms with Crippen LogP contribution in [0.3, 0.4) is 0 Å². The molecule has 0 fully saturated rings. The minimum absolute atomic E-state index is 0.223. The summed E-state index contributed by atoms with van der Waals surface area (Å²) in [6, 6.07) is 8.37. The summed E-state index contributed by atoms with van der Waals surface area (Å²) >= 11 is 0. The molecule has 0 bridgehead atoms. The van der Waals surface area contributed by atoms with Crippen LogP contribution in [0.4, 0.5) is 0 Å². The number of fused-ring (bicyclic) bond motifs is 1. The number of rotatable bonds is 4. The highest BCUT2D eigenvalue weighted by molar-refractivity contribution is 5.80. The zero-order valence-corrected chi connectivity index (χ0v) is 9.56. The Kier molecular flexibility index (Phi) is 3.27. The van der Waals surface area contributed by atoms with E-state index in [1.54, 1.807) is 0 Å². The summed E-state index contributed by atoms with van der Waals surface area (Å²) in [6.07, 6.45) is 2.07. The van der Waals surface area contributed by atoms with Gasteiger partial charge in [-0.15, -0.1) is 0 Å². The van der Waals surface area contributed by atoms with Crippen LogP contribution in [0.25, 0.3) is 10.9 Å². The Morgan fingerprint density at radius 3 is 2.88 bits per heavy atom. The van der Waals surface area contributed by atoms with Crippen molar-refractivity contribution in [1.82, 2.24) is 4.57 Å². The molecule has 16 heavy (non-hydrogen) atoms. The van der Waals surface area contributed by atoms with Crippen LogP contribution in [0, 0.1) is 5.92 Å². The Morgan fingerprint density at radius 1 is 1.38 bits per heavy atom. The molecule has 0 saturated heterocycles. The number of hydrogen-bond donors (Lipinski definition) is 2. The quantitative estimate of drug-likeness (QED) is 0.821. The van der Waals surface area contributed by atoms with E-state index in [1.807, 2.05) is 6.92 Å². The SMILES string of the molecule is CC(CO)Cn1ccc2cc(CN)ccc21.